The molecule has 3 nitrogen and oxygen atoms in total. The summed E-state index contributed by atoms with van der Waals surface area (Å²) in [6, 6.07) is 6.31. The van der Waals surface area contributed by atoms with Crippen molar-refractivity contribution in [3.63, 3.8) is 0 Å². The third kappa shape index (κ3) is 2.39. The third-order valence-electron chi connectivity index (χ3n) is 4.72. The molecule has 2 N–H and O–H groups in total. The molecular weight excluding hydrogens is 234 g/mol. The lowest BCUT2D eigenvalue weighted by Crippen LogP contribution is -2.26. The van der Waals surface area contributed by atoms with E-state index in [0.717, 1.165) is 11.4 Å². The Hall–Kier alpha value is -1.35. The Morgan fingerprint density at radius 1 is 1.42 bits per heavy atom. The van der Waals surface area contributed by atoms with Crippen LogP contribution >= 0.6 is 0 Å². The molecule has 2 heterocycles. The van der Waals surface area contributed by atoms with Gasteiger partial charge < -0.3 is 5.73 Å². The largest absolute Gasteiger partial charge is 0.324 e. The second-order valence-electron chi connectivity index (χ2n) is 5.86. The van der Waals surface area contributed by atoms with E-state index in [0.29, 0.717) is 5.92 Å². The molecule has 0 saturated heterocycles. The van der Waals surface area contributed by atoms with Crippen molar-refractivity contribution in [3.8, 4) is 0 Å². The van der Waals surface area contributed by atoms with Crippen LogP contribution < -0.4 is 5.73 Å². The summed E-state index contributed by atoms with van der Waals surface area (Å²) in [5, 5.41) is 4.41. The van der Waals surface area contributed by atoms with E-state index in [2.05, 4.69) is 24.2 Å². The van der Waals surface area contributed by atoms with E-state index in [1.165, 1.54) is 37.7 Å². The number of fused-ring (bicyclic) bond motifs is 1. The van der Waals surface area contributed by atoms with Gasteiger partial charge in [0.25, 0.3) is 0 Å². The molecule has 0 spiro atoms. The summed E-state index contributed by atoms with van der Waals surface area (Å²) in [6.07, 6.45) is 10.5. The van der Waals surface area contributed by atoms with Crippen molar-refractivity contribution < 1.29 is 0 Å². The maximum absolute atomic E-state index is 6.54. The average molecular weight is 257 g/mol. The number of nitrogens with two attached hydrogens (primary N) is 1. The molecule has 0 aromatic carbocycles. The predicted octanol–water partition coefficient (Wildman–Crippen LogP) is 3.55. The second kappa shape index (κ2) is 5.33. The van der Waals surface area contributed by atoms with Crippen LogP contribution in [0.5, 0.6) is 0 Å². The number of pyridine rings is 1. The monoisotopic (exact) mass is 257 g/mol. The molecule has 3 heteroatoms. The van der Waals surface area contributed by atoms with E-state index in [1.807, 2.05) is 23.0 Å². The second-order valence-corrected chi connectivity index (χ2v) is 5.86. The van der Waals surface area contributed by atoms with E-state index in [4.69, 9.17) is 5.73 Å². The topological polar surface area (TPSA) is 43.3 Å². The Morgan fingerprint density at radius 2 is 2.32 bits per heavy atom. The summed E-state index contributed by atoms with van der Waals surface area (Å²) in [6.45, 7) is 2.30. The van der Waals surface area contributed by atoms with Crippen molar-refractivity contribution in [2.45, 2.75) is 45.1 Å². The van der Waals surface area contributed by atoms with E-state index >= 15 is 0 Å². The van der Waals surface area contributed by atoms with E-state index in [9.17, 15) is 0 Å². The molecule has 0 aliphatic heterocycles. The Labute approximate surface area is 114 Å². The van der Waals surface area contributed by atoms with Gasteiger partial charge in [0.2, 0.25) is 0 Å². The summed E-state index contributed by atoms with van der Waals surface area (Å²) >= 11 is 0. The van der Waals surface area contributed by atoms with Crippen molar-refractivity contribution in [3.05, 3.63) is 36.2 Å². The first-order valence-electron chi connectivity index (χ1n) is 7.47. The predicted molar refractivity (Wildman–Crippen MR) is 77.9 cm³/mol. The maximum atomic E-state index is 6.54. The van der Waals surface area contributed by atoms with Gasteiger partial charge >= 0.3 is 0 Å². The molecule has 3 rings (SSSR count). The summed E-state index contributed by atoms with van der Waals surface area (Å²) in [5.41, 5.74) is 8.92. The van der Waals surface area contributed by atoms with Gasteiger partial charge in [0.1, 0.15) is 0 Å². The van der Waals surface area contributed by atoms with Gasteiger partial charge in [0.05, 0.1) is 11.7 Å². The van der Waals surface area contributed by atoms with Crippen molar-refractivity contribution in [1.29, 1.82) is 0 Å². The molecule has 1 saturated carbocycles. The zero-order valence-corrected chi connectivity index (χ0v) is 11.6. The minimum atomic E-state index is 0.134. The van der Waals surface area contributed by atoms with Gasteiger partial charge in [-0.1, -0.05) is 32.3 Å². The van der Waals surface area contributed by atoms with Gasteiger partial charge in [-0.25, -0.2) is 4.52 Å². The first-order valence-corrected chi connectivity index (χ1v) is 7.47. The Balaban J connectivity index is 1.85. The minimum Gasteiger partial charge on any atom is -0.324 e. The lowest BCUT2D eigenvalue weighted by atomic mass is 9.75. The molecule has 1 aliphatic carbocycles. The zero-order valence-electron chi connectivity index (χ0n) is 11.6. The molecule has 0 amide bonds. The SMILES string of the molecule is CCC1CCCC(C(N)c2cnn3ccccc23)C1. The molecule has 1 aliphatic rings. The van der Waals surface area contributed by atoms with Crippen LogP contribution in [-0.4, -0.2) is 9.61 Å². The minimum absolute atomic E-state index is 0.134. The van der Waals surface area contributed by atoms with Gasteiger partial charge in [-0.05, 0) is 36.8 Å². The molecule has 19 heavy (non-hydrogen) atoms. The molecule has 2 aromatic heterocycles. The number of hydrogen-bond acceptors (Lipinski definition) is 2. The Bertz CT molecular complexity index is 546. The Kier molecular flexibility index (Phi) is 3.56. The molecule has 3 unspecified atom stereocenters. The fraction of sp³-hybridized carbons (Fsp3) is 0.562. The number of hydrogen-bond donors (Lipinski definition) is 1. The van der Waals surface area contributed by atoms with E-state index in [1.54, 1.807) is 0 Å². The maximum Gasteiger partial charge on any atom is 0.0709 e. The van der Waals surface area contributed by atoms with Crippen LogP contribution in [0.2, 0.25) is 0 Å². The molecular formula is C16H23N3. The summed E-state index contributed by atoms with van der Waals surface area (Å²) in [7, 11) is 0. The summed E-state index contributed by atoms with van der Waals surface area (Å²) < 4.78 is 1.93. The lowest BCUT2D eigenvalue weighted by Gasteiger charge is -2.32. The molecule has 2 aromatic rings. The fourth-order valence-corrected chi connectivity index (χ4v) is 3.49. The molecule has 102 valence electrons. The first-order chi connectivity index (χ1) is 9.29. The number of aromatic nitrogens is 2. The van der Waals surface area contributed by atoms with Crippen molar-refractivity contribution in [1.82, 2.24) is 9.61 Å². The Morgan fingerprint density at radius 3 is 3.16 bits per heavy atom. The first kappa shape index (κ1) is 12.7. The van der Waals surface area contributed by atoms with Crippen LogP contribution in [-0.2, 0) is 0 Å². The molecule has 1 fully saturated rings. The number of nitrogens with zero attached hydrogens (tertiary/aromatic N) is 2. The van der Waals surface area contributed by atoms with Crippen LogP contribution in [0.25, 0.3) is 5.52 Å². The third-order valence-corrected chi connectivity index (χ3v) is 4.72. The smallest absolute Gasteiger partial charge is 0.0709 e. The highest BCUT2D eigenvalue weighted by Crippen LogP contribution is 2.38. The quantitative estimate of drug-likeness (QED) is 0.913. The van der Waals surface area contributed by atoms with Gasteiger partial charge in [-0.15, -0.1) is 0 Å². The number of rotatable bonds is 3. The van der Waals surface area contributed by atoms with Crippen molar-refractivity contribution in [2.24, 2.45) is 17.6 Å². The highest BCUT2D eigenvalue weighted by Gasteiger charge is 2.28. The molecule has 3 atom stereocenters. The lowest BCUT2D eigenvalue weighted by molar-refractivity contribution is 0.231. The standard InChI is InChI=1S/C16H23N3/c1-2-12-6-5-7-13(10-12)16(17)14-11-18-19-9-4-3-8-15(14)19/h3-4,8-9,11-13,16H,2,5-7,10,17H2,1H3. The molecule has 0 bridgehead atoms. The highest BCUT2D eigenvalue weighted by atomic mass is 15.2. The van der Waals surface area contributed by atoms with Crippen molar-refractivity contribution >= 4 is 5.52 Å². The van der Waals surface area contributed by atoms with E-state index < -0.39 is 0 Å². The van der Waals surface area contributed by atoms with Crippen LogP contribution in [0.4, 0.5) is 0 Å². The van der Waals surface area contributed by atoms with Gasteiger partial charge in [-0.2, -0.15) is 5.10 Å². The van der Waals surface area contributed by atoms with Crippen molar-refractivity contribution in [2.75, 3.05) is 0 Å². The van der Waals surface area contributed by atoms with Crippen LogP contribution in [0.15, 0.2) is 30.6 Å². The fourth-order valence-electron chi connectivity index (χ4n) is 3.49. The van der Waals surface area contributed by atoms with Gasteiger partial charge in [-0.3, -0.25) is 0 Å². The summed E-state index contributed by atoms with van der Waals surface area (Å²) in [5.74, 6) is 1.48. The normalized spacial score (nSPS) is 25.6. The van der Waals surface area contributed by atoms with Crippen LogP contribution in [0.3, 0.4) is 0 Å². The van der Waals surface area contributed by atoms with Crippen LogP contribution in [0, 0.1) is 11.8 Å². The van der Waals surface area contributed by atoms with Crippen LogP contribution in [0.1, 0.15) is 50.6 Å². The van der Waals surface area contributed by atoms with Gasteiger partial charge in [0.15, 0.2) is 0 Å². The average Bonchev–Trinajstić information content (AvgIpc) is 2.90. The molecule has 0 radical (unpaired) electrons. The van der Waals surface area contributed by atoms with E-state index in [-0.39, 0.29) is 6.04 Å². The van der Waals surface area contributed by atoms with Gasteiger partial charge in [0, 0.05) is 17.8 Å². The zero-order chi connectivity index (χ0) is 13.2. The summed E-state index contributed by atoms with van der Waals surface area (Å²) in [4.78, 5) is 0. The highest BCUT2D eigenvalue weighted by molar-refractivity contribution is 5.54.